The van der Waals surface area contributed by atoms with Crippen molar-refractivity contribution in [3.8, 4) is 11.3 Å². The minimum absolute atomic E-state index is 0.0129. The van der Waals surface area contributed by atoms with Crippen LogP contribution < -0.4 is 4.90 Å². The molecule has 1 aromatic heterocycles. The molecule has 3 saturated heterocycles. The number of hydrogen-bond donors (Lipinski definition) is 0. The molecule has 43 heavy (non-hydrogen) atoms. The van der Waals surface area contributed by atoms with Crippen molar-refractivity contribution in [3.63, 3.8) is 0 Å². The first-order valence-electron chi connectivity index (χ1n) is 14.6. The molecular formula is C29H35F6N5O3. The van der Waals surface area contributed by atoms with Gasteiger partial charge in [0.05, 0.1) is 5.56 Å². The van der Waals surface area contributed by atoms with Crippen molar-refractivity contribution in [3.05, 3.63) is 36.0 Å². The molecule has 0 atom stereocenters. The molecule has 0 radical (unpaired) electrons. The van der Waals surface area contributed by atoms with Crippen LogP contribution in [0.25, 0.3) is 11.3 Å². The van der Waals surface area contributed by atoms with E-state index < -0.39 is 30.1 Å². The zero-order valence-corrected chi connectivity index (χ0v) is 24.0. The number of alkyl halides is 6. The molecule has 4 heterocycles. The van der Waals surface area contributed by atoms with Gasteiger partial charge in [-0.15, -0.1) is 0 Å². The third-order valence-electron chi connectivity index (χ3n) is 8.69. The van der Waals surface area contributed by atoms with Gasteiger partial charge in [-0.05, 0) is 64.5 Å². The van der Waals surface area contributed by atoms with Gasteiger partial charge in [0.25, 0.3) is 12.0 Å². The minimum atomic E-state index is -5.79. The Morgan fingerprint density at radius 1 is 0.907 bits per heavy atom. The van der Waals surface area contributed by atoms with Crippen LogP contribution in [0, 0.1) is 0 Å². The van der Waals surface area contributed by atoms with Crippen molar-refractivity contribution in [2.45, 2.75) is 82.4 Å². The summed E-state index contributed by atoms with van der Waals surface area (Å²) in [5.74, 6) is -0.240. The quantitative estimate of drug-likeness (QED) is 0.363. The van der Waals surface area contributed by atoms with Gasteiger partial charge in [-0.3, -0.25) is 9.48 Å². The molecule has 0 N–H and O–H groups in total. The molecule has 3 fully saturated rings. The largest absolute Gasteiger partial charge is 0.434 e. The summed E-state index contributed by atoms with van der Waals surface area (Å²) in [6, 6.07) is 7.92. The lowest BCUT2D eigenvalue weighted by molar-refractivity contribution is -0.308. The number of benzene rings is 1. The Labute approximate surface area is 245 Å². The topological polar surface area (TPSA) is 70.9 Å². The zero-order chi connectivity index (χ0) is 31.2. The molecule has 14 heteroatoms. The Hall–Kier alpha value is -3.45. The zero-order valence-electron chi connectivity index (χ0n) is 24.0. The van der Waals surface area contributed by atoms with Gasteiger partial charge in [0.15, 0.2) is 0 Å². The van der Waals surface area contributed by atoms with Crippen LogP contribution in [-0.4, -0.2) is 88.3 Å². The highest BCUT2D eigenvalue weighted by molar-refractivity contribution is 6.00. The predicted molar refractivity (Wildman–Crippen MR) is 146 cm³/mol. The Bertz CT molecular complexity index is 1310. The lowest BCUT2D eigenvalue weighted by atomic mass is 9.84. The standard InChI is InChI=1S/C29H35F6N5O3/c1-19(2)40-18-22(23(36-40)20-7-5-8-21(17-20)37-12-3-4-13-37)24(41)39-14-6-9-27(39)10-15-38(16-11-27)26(42)43-25(28(30,31)32)29(33,34)35/h5,7-8,17-19,25H,3-4,6,9-16H2,1-2H3. The number of anilines is 1. The highest BCUT2D eigenvalue weighted by Crippen LogP contribution is 2.42. The number of rotatable bonds is 5. The molecule has 3 aliphatic rings. The van der Waals surface area contributed by atoms with E-state index in [1.165, 1.54) is 0 Å². The summed E-state index contributed by atoms with van der Waals surface area (Å²) >= 11 is 0. The number of halogens is 6. The maximum absolute atomic E-state index is 14.2. The summed E-state index contributed by atoms with van der Waals surface area (Å²) in [5.41, 5.74) is 2.15. The fourth-order valence-corrected chi connectivity index (χ4v) is 6.37. The van der Waals surface area contributed by atoms with Crippen molar-refractivity contribution >= 4 is 17.7 Å². The van der Waals surface area contributed by atoms with E-state index >= 15 is 0 Å². The van der Waals surface area contributed by atoms with Crippen molar-refractivity contribution in [1.29, 1.82) is 0 Å². The number of aromatic nitrogens is 2. The summed E-state index contributed by atoms with van der Waals surface area (Å²) in [7, 11) is 0. The smallest absolute Gasteiger partial charge is 0.426 e. The van der Waals surface area contributed by atoms with E-state index in [1.54, 1.807) is 15.8 Å². The van der Waals surface area contributed by atoms with E-state index in [-0.39, 0.29) is 37.9 Å². The van der Waals surface area contributed by atoms with E-state index in [0.717, 1.165) is 42.1 Å². The van der Waals surface area contributed by atoms with Crippen molar-refractivity contribution < 1.29 is 40.7 Å². The van der Waals surface area contributed by atoms with Crippen LogP contribution in [-0.2, 0) is 4.74 Å². The van der Waals surface area contributed by atoms with Crippen LogP contribution in [0.3, 0.4) is 0 Å². The van der Waals surface area contributed by atoms with Gasteiger partial charge in [0.2, 0.25) is 0 Å². The SMILES string of the molecule is CC(C)n1cc(C(=O)N2CCCC23CCN(C(=O)OC(C(F)(F)F)C(F)(F)F)CC3)c(-c2cccc(N3CCCC3)c2)n1. The molecule has 0 aliphatic carbocycles. The molecule has 3 aliphatic heterocycles. The maximum atomic E-state index is 14.2. The van der Waals surface area contributed by atoms with E-state index in [2.05, 4.69) is 9.64 Å². The number of nitrogens with zero attached hydrogens (tertiary/aromatic N) is 5. The van der Waals surface area contributed by atoms with Gasteiger partial charge < -0.3 is 19.4 Å². The van der Waals surface area contributed by atoms with Crippen molar-refractivity contribution in [1.82, 2.24) is 19.6 Å². The lowest BCUT2D eigenvalue weighted by Crippen LogP contribution is -2.56. The number of carbonyl (C=O) groups excluding carboxylic acids is 2. The first-order chi connectivity index (χ1) is 20.2. The average Bonchev–Trinajstić information content (AvgIpc) is 3.71. The summed E-state index contributed by atoms with van der Waals surface area (Å²) in [6.07, 6.45) is -11.8. The van der Waals surface area contributed by atoms with Crippen LogP contribution >= 0.6 is 0 Å². The molecular weight excluding hydrogens is 580 g/mol. The summed E-state index contributed by atoms with van der Waals surface area (Å²) in [5, 5.41) is 4.77. The molecule has 0 bridgehead atoms. The molecule has 8 nitrogen and oxygen atoms in total. The number of ether oxygens (including phenoxy) is 1. The molecule has 1 spiro atoms. The fourth-order valence-electron chi connectivity index (χ4n) is 6.37. The number of likely N-dealkylation sites (tertiary alicyclic amines) is 2. The summed E-state index contributed by atoms with van der Waals surface area (Å²) in [6.45, 7) is 6.00. The third kappa shape index (κ3) is 6.28. The van der Waals surface area contributed by atoms with Crippen LogP contribution in [0.2, 0.25) is 0 Å². The van der Waals surface area contributed by atoms with Crippen LogP contribution in [0.1, 0.15) is 68.8 Å². The molecule has 0 saturated carbocycles. The van der Waals surface area contributed by atoms with Gasteiger partial charge >= 0.3 is 18.4 Å². The third-order valence-corrected chi connectivity index (χ3v) is 8.69. The van der Waals surface area contributed by atoms with E-state index in [4.69, 9.17) is 5.10 Å². The second kappa shape index (κ2) is 11.6. The highest BCUT2D eigenvalue weighted by Gasteiger charge is 2.60. The number of piperidine rings is 1. The molecule has 5 rings (SSSR count). The Morgan fingerprint density at radius 2 is 1.56 bits per heavy atom. The van der Waals surface area contributed by atoms with Crippen LogP contribution in [0.15, 0.2) is 30.5 Å². The van der Waals surface area contributed by atoms with Gasteiger partial charge in [-0.25, -0.2) is 4.79 Å². The van der Waals surface area contributed by atoms with Gasteiger partial charge in [0.1, 0.15) is 5.69 Å². The predicted octanol–water partition coefficient (Wildman–Crippen LogP) is 6.43. The van der Waals surface area contributed by atoms with Gasteiger partial charge in [-0.1, -0.05) is 12.1 Å². The van der Waals surface area contributed by atoms with E-state index in [1.807, 2.05) is 38.1 Å². The molecule has 1 aromatic carbocycles. The second-order valence-corrected chi connectivity index (χ2v) is 11.8. The van der Waals surface area contributed by atoms with Gasteiger partial charge in [0, 0.05) is 61.8 Å². The molecule has 2 amide bonds. The van der Waals surface area contributed by atoms with Crippen LogP contribution in [0.5, 0.6) is 0 Å². The fraction of sp³-hybridized carbons (Fsp3) is 0.621. The number of hydrogen-bond acceptors (Lipinski definition) is 5. The van der Waals surface area contributed by atoms with Gasteiger partial charge in [-0.2, -0.15) is 31.4 Å². The first-order valence-corrected chi connectivity index (χ1v) is 14.6. The monoisotopic (exact) mass is 615 g/mol. The van der Waals surface area contributed by atoms with Crippen LogP contribution in [0.4, 0.5) is 36.8 Å². The number of amides is 2. The summed E-state index contributed by atoms with van der Waals surface area (Å²) < 4.78 is 83.2. The second-order valence-electron chi connectivity index (χ2n) is 11.8. The number of carbonyl (C=O) groups is 2. The maximum Gasteiger partial charge on any atom is 0.434 e. The molecule has 2 aromatic rings. The molecule has 236 valence electrons. The summed E-state index contributed by atoms with van der Waals surface area (Å²) in [4.78, 5) is 31.4. The molecule has 0 unspecified atom stereocenters. The van der Waals surface area contributed by atoms with E-state index in [9.17, 15) is 35.9 Å². The minimum Gasteiger partial charge on any atom is -0.426 e. The average molecular weight is 616 g/mol. The highest BCUT2D eigenvalue weighted by atomic mass is 19.4. The lowest BCUT2D eigenvalue weighted by Gasteiger charge is -2.44. The Morgan fingerprint density at radius 3 is 2.16 bits per heavy atom. The van der Waals surface area contributed by atoms with E-state index in [0.29, 0.717) is 30.6 Å². The Balaban J connectivity index is 1.35. The van der Waals surface area contributed by atoms with Crippen molar-refractivity contribution in [2.75, 3.05) is 37.6 Å². The Kier molecular flexibility index (Phi) is 8.34. The first kappa shape index (κ1) is 31.0. The normalized spacial score (nSPS) is 19.3. The van der Waals surface area contributed by atoms with Crippen molar-refractivity contribution in [2.24, 2.45) is 0 Å².